The number of ketones is 2. The van der Waals surface area contributed by atoms with E-state index in [4.69, 9.17) is 0 Å². The van der Waals surface area contributed by atoms with Gasteiger partial charge in [0, 0.05) is 18.3 Å². The minimum absolute atomic E-state index is 0.0766. The van der Waals surface area contributed by atoms with Gasteiger partial charge in [-0.1, -0.05) is 6.92 Å². The van der Waals surface area contributed by atoms with Gasteiger partial charge in [0.25, 0.3) is 0 Å². The van der Waals surface area contributed by atoms with E-state index in [1.165, 1.54) is 6.08 Å². The Kier molecular flexibility index (Phi) is 3.47. The van der Waals surface area contributed by atoms with Crippen molar-refractivity contribution in [2.75, 3.05) is 0 Å². The number of fused-ring (bicyclic) bond motifs is 5. The molecular weight excluding hydrogens is 324 g/mol. The Morgan fingerprint density at radius 2 is 1.72 bits per heavy atom. The van der Waals surface area contributed by atoms with E-state index in [1.807, 2.05) is 6.92 Å². The quantitative estimate of drug-likeness (QED) is 0.493. The molecule has 3 saturated carbocycles. The van der Waals surface area contributed by atoms with Gasteiger partial charge in [0.1, 0.15) is 5.78 Å². The van der Waals surface area contributed by atoms with Crippen LogP contribution in [0, 0.1) is 22.7 Å². The Labute approximate surface area is 146 Å². The second-order valence-corrected chi connectivity index (χ2v) is 9.00. The molecule has 6 heteroatoms. The summed E-state index contributed by atoms with van der Waals surface area (Å²) in [4.78, 5) is 25.3. The molecule has 0 aromatic carbocycles. The standard InChI is InChI=1S/C19H26O6/c1-17-7-13(22)12(21)5-9(17)11(20)6-10-16(17)14(23)8-18(2)15(24)3-4-19(10,18)25/h6,9,12-14,16,21-23,25H,3-5,7-8H2,1-2H3/t9-,12-,13+,14-,16-,17+,18-,19-/m1/s1. The second-order valence-electron chi connectivity index (χ2n) is 9.00. The molecule has 25 heavy (non-hydrogen) atoms. The highest BCUT2D eigenvalue weighted by Crippen LogP contribution is 2.64. The number of carbonyl (C=O) groups excluding carboxylic acids is 2. The van der Waals surface area contributed by atoms with E-state index >= 15 is 0 Å². The normalized spacial score (nSPS) is 55.3. The van der Waals surface area contributed by atoms with Crippen molar-refractivity contribution in [3.05, 3.63) is 11.6 Å². The fourth-order valence-electron chi connectivity index (χ4n) is 6.26. The van der Waals surface area contributed by atoms with E-state index < -0.39 is 46.6 Å². The summed E-state index contributed by atoms with van der Waals surface area (Å²) in [6.07, 6.45) is -0.395. The van der Waals surface area contributed by atoms with Crippen LogP contribution in [0.1, 0.15) is 46.0 Å². The Hall–Kier alpha value is -1.08. The highest BCUT2D eigenvalue weighted by molar-refractivity contribution is 5.96. The molecule has 4 N–H and O–H groups in total. The van der Waals surface area contributed by atoms with Crippen LogP contribution < -0.4 is 0 Å². The van der Waals surface area contributed by atoms with Gasteiger partial charge in [0.05, 0.1) is 29.3 Å². The number of carbonyl (C=O) groups is 2. The van der Waals surface area contributed by atoms with Crippen molar-refractivity contribution in [2.24, 2.45) is 22.7 Å². The Bertz CT molecular complexity index is 685. The minimum Gasteiger partial charge on any atom is -0.392 e. The fourth-order valence-corrected chi connectivity index (χ4v) is 6.26. The Morgan fingerprint density at radius 3 is 2.40 bits per heavy atom. The first-order valence-electron chi connectivity index (χ1n) is 9.10. The third-order valence-corrected chi connectivity index (χ3v) is 7.77. The van der Waals surface area contributed by atoms with Gasteiger partial charge in [-0.25, -0.2) is 0 Å². The molecular formula is C19H26O6. The summed E-state index contributed by atoms with van der Waals surface area (Å²) in [5.74, 6) is -1.27. The number of rotatable bonds is 0. The molecule has 3 fully saturated rings. The summed E-state index contributed by atoms with van der Waals surface area (Å²) in [5.41, 5.74) is -2.79. The molecule has 0 aromatic rings. The fraction of sp³-hybridized carbons (Fsp3) is 0.789. The van der Waals surface area contributed by atoms with Crippen LogP contribution in [0.2, 0.25) is 0 Å². The molecule has 0 amide bonds. The largest absolute Gasteiger partial charge is 0.392 e. The third kappa shape index (κ3) is 1.94. The molecule has 0 unspecified atom stereocenters. The Balaban J connectivity index is 1.87. The smallest absolute Gasteiger partial charge is 0.159 e. The number of allylic oxidation sites excluding steroid dienone is 1. The first-order valence-corrected chi connectivity index (χ1v) is 9.10. The molecule has 138 valence electrons. The van der Waals surface area contributed by atoms with Crippen LogP contribution in [0.15, 0.2) is 11.6 Å². The number of aliphatic hydroxyl groups excluding tert-OH is 3. The van der Waals surface area contributed by atoms with Gasteiger partial charge in [-0.2, -0.15) is 0 Å². The highest BCUT2D eigenvalue weighted by atomic mass is 16.3. The first-order chi connectivity index (χ1) is 11.5. The van der Waals surface area contributed by atoms with Crippen molar-refractivity contribution >= 4 is 11.6 Å². The number of hydrogen-bond donors (Lipinski definition) is 4. The summed E-state index contributed by atoms with van der Waals surface area (Å²) in [6.45, 7) is 3.54. The molecule has 0 spiro atoms. The number of hydrogen-bond acceptors (Lipinski definition) is 6. The van der Waals surface area contributed by atoms with E-state index in [2.05, 4.69) is 0 Å². The average molecular weight is 350 g/mol. The molecule has 8 atom stereocenters. The van der Waals surface area contributed by atoms with E-state index in [0.29, 0.717) is 5.57 Å². The molecule has 0 radical (unpaired) electrons. The summed E-state index contributed by atoms with van der Waals surface area (Å²) >= 11 is 0. The van der Waals surface area contributed by atoms with Crippen molar-refractivity contribution in [1.82, 2.24) is 0 Å². The van der Waals surface area contributed by atoms with E-state index in [9.17, 15) is 30.0 Å². The SMILES string of the molecule is C[C@]12C[C@H](O)[C@H](O)C[C@@H]1C(=O)C=C1[C@@H]2[C@H](O)C[C@]2(C)C(=O)CC[C@@]12O. The van der Waals surface area contributed by atoms with Crippen molar-refractivity contribution < 1.29 is 30.0 Å². The van der Waals surface area contributed by atoms with Gasteiger partial charge >= 0.3 is 0 Å². The molecule has 4 aliphatic rings. The lowest BCUT2D eigenvalue weighted by Gasteiger charge is -2.60. The summed E-state index contributed by atoms with van der Waals surface area (Å²) in [7, 11) is 0. The molecule has 4 rings (SSSR count). The number of Topliss-reactive ketones (excluding diaryl/α,β-unsaturated/α-hetero) is 1. The summed E-state index contributed by atoms with van der Waals surface area (Å²) < 4.78 is 0. The highest BCUT2D eigenvalue weighted by Gasteiger charge is 2.68. The van der Waals surface area contributed by atoms with Gasteiger partial charge in [-0.05, 0) is 49.7 Å². The van der Waals surface area contributed by atoms with Crippen LogP contribution >= 0.6 is 0 Å². The summed E-state index contributed by atoms with van der Waals surface area (Å²) in [5, 5.41) is 42.6. The van der Waals surface area contributed by atoms with E-state index in [1.54, 1.807) is 6.92 Å². The van der Waals surface area contributed by atoms with E-state index in [-0.39, 0.29) is 43.7 Å². The molecule has 0 bridgehead atoms. The van der Waals surface area contributed by atoms with Crippen LogP contribution in [0.4, 0.5) is 0 Å². The average Bonchev–Trinajstić information content (AvgIpc) is 2.74. The van der Waals surface area contributed by atoms with E-state index in [0.717, 1.165) is 0 Å². The monoisotopic (exact) mass is 350 g/mol. The molecule has 4 aliphatic carbocycles. The molecule has 0 saturated heterocycles. The van der Waals surface area contributed by atoms with Crippen molar-refractivity contribution in [3.63, 3.8) is 0 Å². The predicted molar refractivity (Wildman–Crippen MR) is 87.3 cm³/mol. The van der Waals surface area contributed by atoms with Crippen molar-refractivity contribution in [3.8, 4) is 0 Å². The lowest BCUT2D eigenvalue weighted by atomic mass is 9.46. The van der Waals surface area contributed by atoms with Crippen LogP contribution in [0.3, 0.4) is 0 Å². The zero-order valence-electron chi connectivity index (χ0n) is 14.6. The number of aliphatic hydroxyl groups is 4. The van der Waals surface area contributed by atoms with Crippen LogP contribution in [-0.2, 0) is 9.59 Å². The zero-order chi connectivity index (χ0) is 18.4. The first kappa shape index (κ1) is 17.3. The lowest BCUT2D eigenvalue weighted by Crippen LogP contribution is -2.64. The van der Waals surface area contributed by atoms with Crippen molar-refractivity contribution in [1.29, 1.82) is 0 Å². The lowest BCUT2D eigenvalue weighted by molar-refractivity contribution is -0.172. The second kappa shape index (κ2) is 5.00. The summed E-state index contributed by atoms with van der Waals surface area (Å²) in [6, 6.07) is 0. The van der Waals surface area contributed by atoms with Crippen LogP contribution in [0.25, 0.3) is 0 Å². The molecule has 0 aromatic heterocycles. The van der Waals surface area contributed by atoms with Crippen LogP contribution in [-0.4, -0.2) is 55.9 Å². The van der Waals surface area contributed by atoms with Gasteiger partial charge in [0.15, 0.2) is 5.78 Å². The molecule has 0 aliphatic heterocycles. The maximum absolute atomic E-state index is 12.8. The van der Waals surface area contributed by atoms with Gasteiger partial charge in [-0.15, -0.1) is 0 Å². The molecule has 0 heterocycles. The maximum Gasteiger partial charge on any atom is 0.159 e. The molecule has 6 nitrogen and oxygen atoms in total. The van der Waals surface area contributed by atoms with Crippen molar-refractivity contribution in [2.45, 2.75) is 69.9 Å². The van der Waals surface area contributed by atoms with Crippen LogP contribution in [0.5, 0.6) is 0 Å². The zero-order valence-corrected chi connectivity index (χ0v) is 14.6. The third-order valence-electron chi connectivity index (χ3n) is 7.77. The van der Waals surface area contributed by atoms with Gasteiger partial charge in [0.2, 0.25) is 0 Å². The predicted octanol–water partition coefficient (Wildman–Crippen LogP) is 0.115. The topological polar surface area (TPSA) is 115 Å². The van der Waals surface area contributed by atoms with Gasteiger partial charge in [-0.3, -0.25) is 9.59 Å². The van der Waals surface area contributed by atoms with Gasteiger partial charge < -0.3 is 20.4 Å². The maximum atomic E-state index is 12.8. The minimum atomic E-state index is -1.42. The Morgan fingerprint density at radius 1 is 1.04 bits per heavy atom.